The molecule has 0 aliphatic heterocycles. The number of hydrogen-bond donors (Lipinski definition) is 2. The summed E-state index contributed by atoms with van der Waals surface area (Å²) in [6.07, 6.45) is 3.02. The van der Waals surface area contributed by atoms with Crippen molar-refractivity contribution in [1.29, 1.82) is 0 Å². The van der Waals surface area contributed by atoms with Crippen molar-refractivity contribution in [2.75, 3.05) is 12.3 Å². The van der Waals surface area contributed by atoms with Gasteiger partial charge >= 0.3 is 0 Å². The first-order valence-electron chi connectivity index (χ1n) is 9.39. The molecule has 3 aromatic rings. The number of benzene rings is 2. The molecule has 0 radical (unpaired) electrons. The minimum atomic E-state index is -2.44. The van der Waals surface area contributed by atoms with Crippen LogP contribution < -0.4 is 16.2 Å². The lowest BCUT2D eigenvalue weighted by molar-refractivity contribution is 0.100. The molecular weight excluding hydrogens is 418 g/mol. The average Bonchev–Trinajstić information content (AvgIpc) is 3.08. The van der Waals surface area contributed by atoms with Crippen LogP contribution in [0.5, 0.6) is 11.5 Å². The monoisotopic (exact) mass is 440 g/mol. The highest BCUT2D eigenvalue weighted by Gasteiger charge is 2.21. The Kier molecular flexibility index (Phi) is 7.06. The Bertz CT molecular complexity index is 1100. The highest BCUT2D eigenvalue weighted by molar-refractivity contribution is 7.76. The van der Waals surface area contributed by atoms with Crippen molar-refractivity contribution in [1.82, 2.24) is 14.1 Å². The van der Waals surface area contributed by atoms with Gasteiger partial charge in [-0.05, 0) is 43.3 Å². The van der Waals surface area contributed by atoms with Gasteiger partial charge in [0.25, 0.3) is 5.91 Å². The van der Waals surface area contributed by atoms with Gasteiger partial charge in [-0.25, -0.2) is 4.68 Å². The molecule has 162 valence electrons. The van der Waals surface area contributed by atoms with Crippen LogP contribution in [0.15, 0.2) is 66.9 Å². The number of aromatic nitrogens is 2. The summed E-state index contributed by atoms with van der Waals surface area (Å²) in [5.41, 5.74) is 12.6. The second-order valence-corrected chi connectivity index (χ2v) is 7.38. The van der Waals surface area contributed by atoms with Crippen molar-refractivity contribution >= 4 is 23.0 Å². The van der Waals surface area contributed by atoms with Crippen LogP contribution >= 0.6 is 0 Å². The van der Waals surface area contributed by atoms with E-state index in [1.54, 1.807) is 37.3 Å². The molecule has 1 amide bonds. The first-order valence-corrected chi connectivity index (χ1v) is 10.4. The van der Waals surface area contributed by atoms with E-state index in [1.165, 1.54) is 10.9 Å². The van der Waals surface area contributed by atoms with E-state index >= 15 is 0 Å². The summed E-state index contributed by atoms with van der Waals surface area (Å²) < 4.78 is 30.8. The van der Waals surface area contributed by atoms with Crippen molar-refractivity contribution in [2.45, 2.75) is 13.5 Å². The van der Waals surface area contributed by atoms with Crippen LogP contribution in [0.25, 0.3) is 11.3 Å². The van der Waals surface area contributed by atoms with E-state index in [-0.39, 0.29) is 24.5 Å². The van der Waals surface area contributed by atoms with Gasteiger partial charge in [-0.15, -0.1) is 0 Å². The molecule has 0 saturated carbocycles. The van der Waals surface area contributed by atoms with Crippen molar-refractivity contribution in [2.24, 2.45) is 5.73 Å². The Balaban J connectivity index is 1.86. The van der Waals surface area contributed by atoms with Gasteiger partial charge in [0.2, 0.25) is 0 Å². The fourth-order valence-electron chi connectivity index (χ4n) is 2.95. The fraction of sp³-hybridized carbons (Fsp3) is 0.143. The highest BCUT2D eigenvalue weighted by Crippen LogP contribution is 2.29. The average molecular weight is 441 g/mol. The molecule has 0 bridgehead atoms. The predicted molar refractivity (Wildman–Crippen MR) is 118 cm³/mol. The van der Waals surface area contributed by atoms with E-state index in [0.717, 1.165) is 4.31 Å². The molecular formula is C21H22N5O4S-. The minimum absolute atomic E-state index is 0.0734. The number of nitrogen functional groups attached to an aromatic ring is 1. The summed E-state index contributed by atoms with van der Waals surface area (Å²) in [6, 6.07) is 16.3. The van der Waals surface area contributed by atoms with Crippen LogP contribution in [0.1, 0.15) is 17.3 Å². The number of para-hydroxylation sites is 1. The maximum atomic E-state index is 12.0. The van der Waals surface area contributed by atoms with E-state index in [0.29, 0.717) is 22.8 Å². The van der Waals surface area contributed by atoms with E-state index < -0.39 is 17.2 Å². The number of primary amides is 1. The molecule has 3 rings (SSSR count). The maximum Gasteiger partial charge on any atom is 0.254 e. The third kappa shape index (κ3) is 5.30. The summed E-state index contributed by atoms with van der Waals surface area (Å²) >= 11 is -2.44. The number of amides is 1. The normalized spacial score (nSPS) is 12.1. The van der Waals surface area contributed by atoms with Gasteiger partial charge in [-0.3, -0.25) is 9.00 Å². The molecule has 0 fully saturated rings. The summed E-state index contributed by atoms with van der Waals surface area (Å²) in [4.78, 5) is 12.0. The quantitative estimate of drug-likeness (QED) is 0.490. The molecule has 31 heavy (non-hydrogen) atoms. The Hall–Kier alpha value is -3.63. The van der Waals surface area contributed by atoms with Crippen LogP contribution in [0.4, 0.5) is 5.82 Å². The number of carbonyl (C=O) groups excluding carboxylic acids is 1. The number of allylic oxidation sites excluding steroid dienone is 1. The van der Waals surface area contributed by atoms with Gasteiger partial charge in [0.15, 0.2) is 0 Å². The largest absolute Gasteiger partial charge is 0.755 e. The number of nitrogens with zero attached hydrogens (tertiary/aromatic N) is 3. The number of rotatable bonds is 9. The number of ether oxygens (including phenoxy) is 1. The Morgan fingerprint density at radius 2 is 1.84 bits per heavy atom. The van der Waals surface area contributed by atoms with Gasteiger partial charge in [0.1, 0.15) is 28.6 Å². The van der Waals surface area contributed by atoms with E-state index in [2.05, 4.69) is 5.10 Å². The molecule has 1 aromatic heterocycles. The summed E-state index contributed by atoms with van der Waals surface area (Å²) in [7, 11) is 0. The topological polar surface area (TPSA) is 140 Å². The molecule has 4 N–H and O–H groups in total. The summed E-state index contributed by atoms with van der Waals surface area (Å²) in [5, 5.41) is 4.40. The standard InChI is InChI=1S/C21H23N5O4S/c1-2-12-25(31(28)29)13-14-26-20(22)18(21(23)27)19(24-26)15-8-10-17(11-9-15)30-16-6-4-3-5-7-16/h2-12H,13-14,22H2,1H3,(H2,23,27)(H,28,29)/p-1. The molecule has 0 aliphatic rings. The van der Waals surface area contributed by atoms with E-state index in [9.17, 15) is 13.6 Å². The van der Waals surface area contributed by atoms with Gasteiger partial charge in [0, 0.05) is 29.6 Å². The van der Waals surface area contributed by atoms with Crippen LogP contribution in [0.2, 0.25) is 0 Å². The molecule has 0 spiro atoms. The molecule has 1 heterocycles. The molecule has 2 aromatic carbocycles. The number of nitrogens with two attached hydrogens (primary N) is 2. The maximum absolute atomic E-state index is 12.0. The predicted octanol–water partition coefficient (Wildman–Crippen LogP) is 2.65. The zero-order chi connectivity index (χ0) is 22.4. The van der Waals surface area contributed by atoms with Gasteiger partial charge < -0.3 is 25.1 Å². The molecule has 9 nitrogen and oxygen atoms in total. The Labute approximate surface area is 182 Å². The Morgan fingerprint density at radius 3 is 2.42 bits per heavy atom. The third-order valence-electron chi connectivity index (χ3n) is 4.38. The lowest BCUT2D eigenvalue weighted by Crippen LogP contribution is -2.25. The van der Waals surface area contributed by atoms with Gasteiger partial charge in [-0.1, -0.05) is 24.3 Å². The fourth-order valence-corrected chi connectivity index (χ4v) is 3.41. The van der Waals surface area contributed by atoms with Crippen molar-refractivity contribution in [3.05, 3.63) is 72.4 Å². The highest BCUT2D eigenvalue weighted by atomic mass is 32.2. The van der Waals surface area contributed by atoms with E-state index in [4.69, 9.17) is 16.2 Å². The summed E-state index contributed by atoms with van der Waals surface area (Å²) in [5.74, 6) is 0.663. The Morgan fingerprint density at radius 1 is 1.19 bits per heavy atom. The van der Waals surface area contributed by atoms with Crippen molar-refractivity contribution < 1.29 is 18.3 Å². The third-order valence-corrected chi connectivity index (χ3v) is 5.07. The SMILES string of the molecule is CC=CN(CCn1nc(-c2ccc(Oc3ccccc3)cc2)c(C(N)=O)c1N)S(=O)[O-]. The van der Waals surface area contributed by atoms with E-state index in [1.807, 2.05) is 30.3 Å². The second-order valence-electron chi connectivity index (χ2n) is 6.48. The zero-order valence-corrected chi connectivity index (χ0v) is 17.6. The molecule has 10 heteroatoms. The lowest BCUT2D eigenvalue weighted by atomic mass is 10.1. The second kappa shape index (κ2) is 9.92. The number of carbonyl (C=O) groups is 1. The van der Waals surface area contributed by atoms with Crippen LogP contribution in [-0.2, 0) is 17.8 Å². The van der Waals surface area contributed by atoms with Crippen molar-refractivity contribution in [3.8, 4) is 22.8 Å². The number of anilines is 1. The first kappa shape index (κ1) is 22.1. The first-order chi connectivity index (χ1) is 14.9. The van der Waals surface area contributed by atoms with Crippen molar-refractivity contribution in [3.63, 3.8) is 0 Å². The van der Waals surface area contributed by atoms with Gasteiger partial charge in [0.05, 0.1) is 6.54 Å². The molecule has 1 unspecified atom stereocenters. The summed E-state index contributed by atoms with van der Waals surface area (Å²) in [6.45, 7) is 1.93. The number of hydrogen-bond acceptors (Lipinski definition) is 6. The molecule has 1 atom stereocenters. The minimum Gasteiger partial charge on any atom is -0.755 e. The molecule has 0 aliphatic carbocycles. The van der Waals surface area contributed by atoms with Crippen LogP contribution in [-0.4, -0.2) is 35.3 Å². The smallest absolute Gasteiger partial charge is 0.254 e. The van der Waals surface area contributed by atoms with Gasteiger partial charge in [-0.2, -0.15) is 5.10 Å². The lowest BCUT2D eigenvalue weighted by Gasteiger charge is -2.22. The zero-order valence-electron chi connectivity index (χ0n) is 16.8. The van der Waals surface area contributed by atoms with Crippen LogP contribution in [0.3, 0.4) is 0 Å². The van der Waals surface area contributed by atoms with Crippen LogP contribution in [0, 0.1) is 0 Å². The molecule has 0 saturated heterocycles.